The highest BCUT2D eigenvalue weighted by Gasteiger charge is 2.34. The van der Waals surface area contributed by atoms with Crippen LogP contribution in [-0.4, -0.2) is 67.9 Å². The lowest BCUT2D eigenvalue weighted by atomic mass is 10.1. The van der Waals surface area contributed by atoms with Crippen LogP contribution in [0.1, 0.15) is 16.8 Å². The molecule has 0 radical (unpaired) electrons. The van der Waals surface area contributed by atoms with Crippen LogP contribution in [0.5, 0.6) is 0 Å². The molecule has 1 atom stereocenters. The van der Waals surface area contributed by atoms with Gasteiger partial charge in [-0.15, -0.1) is 0 Å². The largest absolute Gasteiger partial charge is 0.336 e. The van der Waals surface area contributed by atoms with Gasteiger partial charge < -0.3 is 4.90 Å². The van der Waals surface area contributed by atoms with E-state index in [1.54, 1.807) is 4.90 Å². The number of rotatable bonds is 2. The highest BCUT2D eigenvalue weighted by Crippen LogP contribution is 2.22. The smallest absolute Gasteiger partial charge is 0.255 e. The number of hydrogen-bond donors (Lipinski definition) is 0. The lowest BCUT2D eigenvalue weighted by Crippen LogP contribution is -2.52. The zero-order valence-electron chi connectivity index (χ0n) is 12.5. The van der Waals surface area contributed by atoms with Gasteiger partial charge in [-0.05, 0) is 40.5 Å². The van der Waals surface area contributed by atoms with Gasteiger partial charge in [0.25, 0.3) is 5.91 Å². The molecule has 23 heavy (non-hydrogen) atoms. The van der Waals surface area contributed by atoms with Crippen molar-refractivity contribution in [1.29, 1.82) is 0 Å². The Balaban J connectivity index is 1.63. The van der Waals surface area contributed by atoms with E-state index in [0.29, 0.717) is 42.6 Å². The van der Waals surface area contributed by atoms with Crippen molar-refractivity contribution < 1.29 is 17.6 Å². The summed E-state index contributed by atoms with van der Waals surface area (Å²) in [5, 5.41) is 0. The first kappa shape index (κ1) is 16.9. The molecule has 2 aliphatic heterocycles. The molecule has 8 heteroatoms. The second-order valence-corrected chi connectivity index (χ2v) is 9.09. The molecule has 0 bridgehead atoms. The highest BCUT2D eigenvalue weighted by atomic mass is 79.9. The predicted octanol–water partition coefficient (Wildman–Crippen LogP) is 1.53. The van der Waals surface area contributed by atoms with Crippen LogP contribution in [0, 0.1) is 5.82 Å². The van der Waals surface area contributed by atoms with Gasteiger partial charge >= 0.3 is 0 Å². The van der Waals surface area contributed by atoms with E-state index in [9.17, 15) is 17.6 Å². The molecule has 126 valence electrons. The molecule has 0 unspecified atom stereocenters. The van der Waals surface area contributed by atoms with Crippen LogP contribution in [0.15, 0.2) is 22.7 Å². The third-order valence-corrected chi connectivity index (χ3v) is 6.93. The summed E-state index contributed by atoms with van der Waals surface area (Å²) in [6.45, 7) is 2.36. The van der Waals surface area contributed by atoms with Crippen LogP contribution in [-0.2, 0) is 9.84 Å². The third kappa shape index (κ3) is 3.75. The molecule has 2 aliphatic rings. The van der Waals surface area contributed by atoms with Gasteiger partial charge in [0, 0.05) is 36.7 Å². The number of hydrogen-bond acceptors (Lipinski definition) is 4. The van der Waals surface area contributed by atoms with Gasteiger partial charge in [-0.2, -0.15) is 0 Å². The number of sulfone groups is 1. The van der Waals surface area contributed by atoms with E-state index in [0.717, 1.165) is 0 Å². The van der Waals surface area contributed by atoms with Gasteiger partial charge in [0.2, 0.25) is 0 Å². The van der Waals surface area contributed by atoms with Gasteiger partial charge in [0.1, 0.15) is 5.82 Å². The van der Waals surface area contributed by atoms with E-state index in [1.165, 1.54) is 18.2 Å². The molecule has 1 aromatic rings. The SMILES string of the molecule is O=C(c1cc(F)ccc1Br)N1CCN([C@H]2CCS(=O)(=O)C2)CC1. The van der Waals surface area contributed by atoms with E-state index >= 15 is 0 Å². The van der Waals surface area contributed by atoms with Crippen LogP contribution in [0.25, 0.3) is 0 Å². The van der Waals surface area contributed by atoms with Gasteiger partial charge in [-0.1, -0.05) is 0 Å². The molecule has 0 spiro atoms. The summed E-state index contributed by atoms with van der Waals surface area (Å²) in [6, 6.07) is 4.14. The van der Waals surface area contributed by atoms with Crippen molar-refractivity contribution in [3.05, 3.63) is 34.1 Å². The molecule has 5 nitrogen and oxygen atoms in total. The van der Waals surface area contributed by atoms with Gasteiger partial charge in [0.05, 0.1) is 17.1 Å². The first-order valence-electron chi connectivity index (χ1n) is 7.54. The monoisotopic (exact) mass is 404 g/mol. The summed E-state index contributed by atoms with van der Waals surface area (Å²) < 4.78 is 37.1. The quantitative estimate of drug-likeness (QED) is 0.749. The number of carbonyl (C=O) groups is 1. The Morgan fingerprint density at radius 1 is 1.22 bits per heavy atom. The highest BCUT2D eigenvalue weighted by molar-refractivity contribution is 9.10. The maximum Gasteiger partial charge on any atom is 0.255 e. The molecule has 1 aromatic carbocycles. The Morgan fingerprint density at radius 3 is 2.52 bits per heavy atom. The van der Waals surface area contributed by atoms with Crippen molar-refractivity contribution in [3.8, 4) is 0 Å². The molecule has 0 saturated carbocycles. The van der Waals surface area contributed by atoms with Crippen LogP contribution < -0.4 is 0 Å². The summed E-state index contributed by atoms with van der Waals surface area (Å²) in [4.78, 5) is 16.4. The lowest BCUT2D eigenvalue weighted by Gasteiger charge is -2.37. The van der Waals surface area contributed by atoms with E-state index in [-0.39, 0.29) is 23.5 Å². The Bertz CT molecular complexity index is 717. The van der Waals surface area contributed by atoms with Crippen molar-refractivity contribution >= 4 is 31.7 Å². The first-order valence-corrected chi connectivity index (χ1v) is 10.2. The number of nitrogens with zero attached hydrogens (tertiary/aromatic N) is 2. The molecule has 0 aromatic heterocycles. The average molecular weight is 405 g/mol. The van der Waals surface area contributed by atoms with E-state index in [4.69, 9.17) is 0 Å². The van der Waals surface area contributed by atoms with E-state index < -0.39 is 15.7 Å². The normalized spacial score (nSPS) is 24.8. The molecular weight excluding hydrogens is 387 g/mol. The summed E-state index contributed by atoms with van der Waals surface area (Å²) in [5.74, 6) is -0.162. The van der Waals surface area contributed by atoms with E-state index in [2.05, 4.69) is 20.8 Å². The van der Waals surface area contributed by atoms with Crippen LogP contribution in [0.2, 0.25) is 0 Å². The standard InChI is InChI=1S/C15H18BrFN2O3S/c16-14-2-1-11(17)9-13(14)15(20)19-6-4-18(5-7-19)12-3-8-23(21,22)10-12/h1-2,9,12H,3-8,10H2/t12-/m0/s1. The maximum absolute atomic E-state index is 13.4. The van der Waals surface area contributed by atoms with Crippen molar-refractivity contribution in [2.75, 3.05) is 37.7 Å². The van der Waals surface area contributed by atoms with Crippen LogP contribution in [0.4, 0.5) is 4.39 Å². The molecule has 0 aliphatic carbocycles. The van der Waals surface area contributed by atoms with Crippen molar-refractivity contribution in [2.24, 2.45) is 0 Å². The molecule has 3 rings (SSSR count). The van der Waals surface area contributed by atoms with E-state index in [1.807, 2.05) is 0 Å². The van der Waals surface area contributed by atoms with Crippen LogP contribution in [0.3, 0.4) is 0 Å². The van der Waals surface area contributed by atoms with Crippen molar-refractivity contribution in [2.45, 2.75) is 12.5 Å². The Labute approximate surface area is 143 Å². The Morgan fingerprint density at radius 2 is 1.91 bits per heavy atom. The summed E-state index contributed by atoms with van der Waals surface area (Å²) in [5.41, 5.74) is 0.321. The summed E-state index contributed by atoms with van der Waals surface area (Å²) in [6.07, 6.45) is 0.672. The lowest BCUT2D eigenvalue weighted by molar-refractivity contribution is 0.0586. The molecule has 1 amide bonds. The first-order chi connectivity index (χ1) is 10.9. The number of carbonyl (C=O) groups excluding carboxylic acids is 1. The molecule has 2 saturated heterocycles. The molecule has 2 heterocycles. The minimum Gasteiger partial charge on any atom is -0.336 e. The summed E-state index contributed by atoms with van der Waals surface area (Å²) >= 11 is 3.28. The minimum absolute atomic E-state index is 0.0677. The fraction of sp³-hybridized carbons (Fsp3) is 0.533. The number of benzene rings is 1. The fourth-order valence-electron chi connectivity index (χ4n) is 3.19. The number of halogens is 2. The maximum atomic E-state index is 13.4. The molecular formula is C15H18BrFN2O3S. The zero-order chi connectivity index (χ0) is 16.6. The number of piperazine rings is 1. The van der Waals surface area contributed by atoms with Gasteiger partial charge in [-0.3, -0.25) is 9.69 Å². The second kappa shape index (κ2) is 6.49. The summed E-state index contributed by atoms with van der Waals surface area (Å²) in [7, 11) is -2.90. The Hall–Kier alpha value is -0.990. The van der Waals surface area contributed by atoms with Crippen molar-refractivity contribution in [3.63, 3.8) is 0 Å². The predicted molar refractivity (Wildman–Crippen MR) is 88.6 cm³/mol. The minimum atomic E-state index is -2.90. The van der Waals surface area contributed by atoms with Gasteiger partial charge in [-0.25, -0.2) is 12.8 Å². The van der Waals surface area contributed by atoms with Gasteiger partial charge in [0.15, 0.2) is 9.84 Å². The number of amides is 1. The average Bonchev–Trinajstić information content (AvgIpc) is 2.89. The molecule has 0 N–H and O–H groups in total. The second-order valence-electron chi connectivity index (χ2n) is 6.01. The molecule has 2 fully saturated rings. The fourth-order valence-corrected chi connectivity index (χ4v) is 5.36. The zero-order valence-corrected chi connectivity index (χ0v) is 14.9. The Kier molecular flexibility index (Phi) is 4.75. The van der Waals surface area contributed by atoms with Crippen molar-refractivity contribution in [1.82, 2.24) is 9.80 Å². The third-order valence-electron chi connectivity index (χ3n) is 4.49. The topological polar surface area (TPSA) is 57.7 Å². The van der Waals surface area contributed by atoms with Crippen LogP contribution >= 0.6 is 15.9 Å².